The van der Waals surface area contributed by atoms with Gasteiger partial charge in [-0.2, -0.15) is 0 Å². The molecular weight excluding hydrogens is 624 g/mol. The fraction of sp³-hybridized carbons (Fsp3) is 0.791. The number of nitrogens with zero attached hydrogens (tertiary/aromatic N) is 1. The number of Topliss-reactive ketones (excluding diaryl/α,β-unsaturated/α-hetero) is 1. The summed E-state index contributed by atoms with van der Waals surface area (Å²) in [6.07, 6.45) is 15.6. The van der Waals surface area contributed by atoms with Gasteiger partial charge >= 0.3 is 0 Å². The summed E-state index contributed by atoms with van der Waals surface area (Å²) in [4.78, 5) is 41.8. The molecule has 1 aliphatic heterocycles. The summed E-state index contributed by atoms with van der Waals surface area (Å²) in [6, 6.07) is 0. The number of nitrogens with one attached hydrogen (secondary N) is 1. The second-order valence-corrected chi connectivity index (χ2v) is 18.9. The molecule has 7 aliphatic rings. The normalized spacial score (nSPS) is 41.3. The van der Waals surface area contributed by atoms with Crippen molar-refractivity contribution in [1.82, 2.24) is 10.2 Å². The lowest BCUT2D eigenvalue weighted by Gasteiger charge is -2.71. The van der Waals surface area contributed by atoms with Crippen molar-refractivity contribution in [2.75, 3.05) is 39.4 Å². The number of carbonyl (C=O) groups excluding carboxylic acids is 3. The van der Waals surface area contributed by atoms with E-state index in [9.17, 15) is 14.4 Å². The molecular formula is C43H64N2O5. The summed E-state index contributed by atoms with van der Waals surface area (Å²) < 4.78 is 10.8. The number of ether oxygens (including phenoxy) is 2. The molecule has 1 N–H and O–H groups in total. The van der Waals surface area contributed by atoms with E-state index in [4.69, 9.17) is 9.47 Å². The molecule has 3 saturated carbocycles. The second-order valence-electron chi connectivity index (χ2n) is 18.9. The van der Waals surface area contributed by atoms with Gasteiger partial charge in [-0.15, -0.1) is 0 Å². The smallest absolute Gasteiger partial charge is 0.293 e. The summed E-state index contributed by atoms with van der Waals surface area (Å²) in [5, 5.41) is 3.37. The minimum atomic E-state index is -0.690. The Morgan fingerprint density at radius 1 is 1.00 bits per heavy atom. The summed E-state index contributed by atoms with van der Waals surface area (Å²) in [5.41, 5.74) is 4.98. The molecule has 0 aromatic heterocycles. The predicted octanol–water partition coefficient (Wildman–Crippen LogP) is 7.60. The molecule has 276 valence electrons. The van der Waals surface area contributed by atoms with E-state index in [1.807, 2.05) is 0 Å². The van der Waals surface area contributed by atoms with Crippen molar-refractivity contribution in [2.24, 2.45) is 50.7 Å². The zero-order valence-corrected chi connectivity index (χ0v) is 32.1. The monoisotopic (exact) mass is 688 g/mol. The Labute approximate surface area is 301 Å². The number of ketones is 1. The minimum absolute atomic E-state index is 0.0111. The minimum Gasteiger partial charge on any atom is -0.464 e. The Hall–Kier alpha value is -2.25. The SMILES string of the molecule is CC(C)C1=C2[C@H]3CC[C@@H]4[C@@]5(C)CC=C(C6=CCC(OC=O)CC6)C(C)(C)[C@@H]5CC[C@@]4(C)[C@]3(C)CC[C@@]2(C(=O)NCCN2CCOCC2)CC1=O. The molecule has 0 aromatic carbocycles. The Bertz CT molecular complexity index is 1490. The first-order valence-electron chi connectivity index (χ1n) is 20.1. The Kier molecular flexibility index (Phi) is 9.39. The fourth-order valence-corrected chi connectivity index (χ4v) is 13.6. The van der Waals surface area contributed by atoms with Crippen LogP contribution in [0.15, 0.2) is 34.4 Å². The third kappa shape index (κ3) is 5.36. The van der Waals surface area contributed by atoms with Gasteiger partial charge in [0.1, 0.15) is 6.10 Å². The Morgan fingerprint density at radius 2 is 1.76 bits per heavy atom. The molecule has 0 radical (unpaired) electrons. The number of hydrogen-bond acceptors (Lipinski definition) is 6. The molecule has 6 aliphatic carbocycles. The van der Waals surface area contributed by atoms with Crippen molar-refractivity contribution >= 4 is 18.2 Å². The highest BCUT2D eigenvalue weighted by molar-refractivity contribution is 6.07. The Morgan fingerprint density at radius 3 is 2.44 bits per heavy atom. The maximum absolute atomic E-state index is 14.4. The third-order valence-electron chi connectivity index (χ3n) is 16.2. The first kappa shape index (κ1) is 36.1. The molecule has 1 heterocycles. The molecule has 7 heteroatoms. The van der Waals surface area contributed by atoms with Crippen molar-refractivity contribution in [1.29, 1.82) is 0 Å². The maximum atomic E-state index is 14.4. The lowest BCUT2D eigenvalue weighted by Crippen LogP contribution is -2.64. The van der Waals surface area contributed by atoms with Gasteiger partial charge in [-0.3, -0.25) is 19.3 Å². The molecule has 7 nitrogen and oxygen atoms in total. The first-order valence-corrected chi connectivity index (χ1v) is 20.1. The first-order chi connectivity index (χ1) is 23.7. The van der Waals surface area contributed by atoms with Crippen LogP contribution < -0.4 is 5.32 Å². The van der Waals surface area contributed by atoms with E-state index in [1.54, 1.807) is 0 Å². The van der Waals surface area contributed by atoms with Crippen molar-refractivity contribution in [3.8, 4) is 0 Å². The van der Waals surface area contributed by atoms with Gasteiger partial charge in [0.2, 0.25) is 5.91 Å². The molecule has 7 rings (SSSR count). The van der Waals surface area contributed by atoms with Crippen LogP contribution in [0.2, 0.25) is 0 Å². The van der Waals surface area contributed by atoms with Crippen molar-refractivity contribution < 1.29 is 23.9 Å². The highest BCUT2D eigenvalue weighted by Crippen LogP contribution is 2.76. The lowest BCUT2D eigenvalue weighted by molar-refractivity contribution is -0.199. The largest absolute Gasteiger partial charge is 0.464 e. The van der Waals surface area contributed by atoms with E-state index in [2.05, 4.69) is 70.8 Å². The molecule has 0 aromatic rings. The van der Waals surface area contributed by atoms with Crippen LogP contribution in [-0.2, 0) is 23.9 Å². The van der Waals surface area contributed by atoms with Crippen LogP contribution >= 0.6 is 0 Å². The fourth-order valence-electron chi connectivity index (χ4n) is 13.6. The number of morpholine rings is 1. The number of rotatable bonds is 8. The van der Waals surface area contributed by atoms with E-state index < -0.39 is 5.41 Å². The zero-order chi connectivity index (χ0) is 35.7. The van der Waals surface area contributed by atoms with Gasteiger partial charge in [0.15, 0.2) is 5.78 Å². The second kappa shape index (κ2) is 13.0. The van der Waals surface area contributed by atoms with E-state index in [0.29, 0.717) is 31.3 Å². The lowest BCUT2D eigenvalue weighted by atomic mass is 9.33. The number of amides is 1. The average molecular weight is 689 g/mol. The Balaban J connectivity index is 1.17. The van der Waals surface area contributed by atoms with Gasteiger partial charge in [-0.25, -0.2) is 0 Å². The van der Waals surface area contributed by atoms with Gasteiger partial charge < -0.3 is 14.8 Å². The zero-order valence-electron chi connectivity index (χ0n) is 32.1. The topological polar surface area (TPSA) is 84.9 Å². The van der Waals surface area contributed by atoms with Crippen LogP contribution in [0.25, 0.3) is 0 Å². The van der Waals surface area contributed by atoms with Gasteiger partial charge in [-0.1, -0.05) is 60.6 Å². The molecule has 50 heavy (non-hydrogen) atoms. The molecule has 1 unspecified atom stereocenters. The molecule has 8 atom stereocenters. The van der Waals surface area contributed by atoms with Crippen LogP contribution in [0, 0.1) is 50.7 Å². The van der Waals surface area contributed by atoms with E-state index in [1.165, 1.54) is 29.6 Å². The van der Waals surface area contributed by atoms with Gasteiger partial charge in [0.25, 0.3) is 6.47 Å². The van der Waals surface area contributed by atoms with E-state index in [-0.39, 0.29) is 51.3 Å². The quantitative estimate of drug-likeness (QED) is 0.265. The summed E-state index contributed by atoms with van der Waals surface area (Å²) in [5.74, 6) is 1.90. The molecule has 4 fully saturated rings. The molecule has 0 bridgehead atoms. The summed E-state index contributed by atoms with van der Waals surface area (Å²) >= 11 is 0. The van der Waals surface area contributed by atoms with Crippen molar-refractivity contribution in [3.63, 3.8) is 0 Å². The predicted molar refractivity (Wildman–Crippen MR) is 196 cm³/mol. The number of allylic oxidation sites excluding steroid dienone is 4. The third-order valence-corrected chi connectivity index (χ3v) is 16.2. The molecule has 0 spiro atoms. The van der Waals surface area contributed by atoms with E-state index in [0.717, 1.165) is 89.8 Å². The van der Waals surface area contributed by atoms with Crippen molar-refractivity contribution in [3.05, 3.63) is 34.4 Å². The molecule has 1 saturated heterocycles. The van der Waals surface area contributed by atoms with Crippen LogP contribution in [0.3, 0.4) is 0 Å². The van der Waals surface area contributed by atoms with Gasteiger partial charge in [0.05, 0.1) is 18.6 Å². The van der Waals surface area contributed by atoms with Crippen LogP contribution in [0.4, 0.5) is 0 Å². The average Bonchev–Trinajstić information content (AvgIpc) is 3.39. The van der Waals surface area contributed by atoms with E-state index >= 15 is 0 Å². The van der Waals surface area contributed by atoms with Crippen molar-refractivity contribution in [2.45, 2.75) is 125 Å². The number of hydrogen-bond donors (Lipinski definition) is 1. The highest BCUT2D eigenvalue weighted by Gasteiger charge is 2.70. The maximum Gasteiger partial charge on any atom is 0.293 e. The number of fused-ring (bicyclic) bond motifs is 7. The summed E-state index contributed by atoms with van der Waals surface area (Å²) in [6.45, 7) is 22.5. The van der Waals surface area contributed by atoms with Gasteiger partial charge in [-0.05, 0) is 125 Å². The van der Waals surface area contributed by atoms with Gasteiger partial charge in [0, 0.05) is 39.0 Å². The van der Waals surface area contributed by atoms with Crippen LogP contribution in [0.5, 0.6) is 0 Å². The van der Waals surface area contributed by atoms with Crippen LogP contribution in [-0.4, -0.2) is 68.6 Å². The number of carbonyl (C=O) groups is 3. The molecule has 1 amide bonds. The summed E-state index contributed by atoms with van der Waals surface area (Å²) in [7, 11) is 0. The standard InChI is InChI=1S/C43H64N2O5/c1-28(2)36-33(47)26-43(38(48)44-20-21-45-22-24-49-25-23-45)19-18-41(6)32(37(36)43)12-13-35-40(5)16-14-31(29-8-10-30(11-9-29)50-27-46)39(3,4)34(40)15-17-42(35,41)7/h8,14,27-28,30,32,34-35H,9-13,15-26H2,1-7H3,(H,44,48)/t30?,32-,34+,35-,40+,41-,42-,43-/m1/s1. The van der Waals surface area contributed by atoms with Crippen LogP contribution in [0.1, 0.15) is 119 Å². The highest BCUT2D eigenvalue weighted by atomic mass is 16.5.